The van der Waals surface area contributed by atoms with Crippen molar-refractivity contribution in [1.82, 2.24) is 4.98 Å². The monoisotopic (exact) mass is 371 g/mol. The number of carbonyl (C=O) groups is 1. The summed E-state index contributed by atoms with van der Waals surface area (Å²) in [6, 6.07) is 8.96. The van der Waals surface area contributed by atoms with Crippen LogP contribution in [-0.4, -0.2) is 29.5 Å². The number of nitrogens with zero attached hydrogens (tertiary/aromatic N) is 1. The Balaban J connectivity index is 2.13. The predicted molar refractivity (Wildman–Crippen MR) is 85.6 cm³/mol. The van der Waals surface area contributed by atoms with E-state index in [1.807, 2.05) is 0 Å². The Morgan fingerprint density at radius 3 is 2.48 bits per heavy atom. The second-order valence-corrected chi connectivity index (χ2v) is 8.04. The van der Waals surface area contributed by atoms with Crippen molar-refractivity contribution in [2.24, 2.45) is 0 Å². The topological polar surface area (TPSA) is 84.3 Å². The molecule has 2 unspecified atom stereocenters. The average Bonchev–Trinajstić information content (AvgIpc) is 2.51. The minimum absolute atomic E-state index is 0.0204. The second kappa shape index (κ2) is 5.87. The molecule has 1 N–H and O–H groups in total. The van der Waals surface area contributed by atoms with Crippen molar-refractivity contribution in [3.63, 3.8) is 0 Å². The van der Waals surface area contributed by atoms with E-state index >= 15 is 0 Å². The molecule has 0 saturated heterocycles. The van der Waals surface area contributed by atoms with Gasteiger partial charge in [-0.15, -0.1) is 0 Å². The van der Waals surface area contributed by atoms with Gasteiger partial charge in [-0.25, -0.2) is 13.4 Å². The van der Waals surface area contributed by atoms with E-state index in [0.29, 0.717) is 0 Å². The van der Waals surface area contributed by atoms with Crippen LogP contribution in [0.3, 0.4) is 0 Å². The van der Waals surface area contributed by atoms with E-state index in [0.717, 1.165) is 0 Å². The van der Waals surface area contributed by atoms with Gasteiger partial charge in [0.2, 0.25) is 0 Å². The number of hydrogen-bond acceptors (Lipinski definition) is 5. The van der Waals surface area contributed by atoms with Crippen molar-refractivity contribution < 1.29 is 18.3 Å². The number of ketones is 1. The van der Waals surface area contributed by atoms with Crippen molar-refractivity contribution in [3.8, 4) is 0 Å². The third-order valence-corrected chi connectivity index (χ3v) is 6.31. The maximum atomic E-state index is 12.7. The molecule has 5 nitrogen and oxygen atoms in total. The number of halogens is 2. The van der Waals surface area contributed by atoms with Crippen molar-refractivity contribution >= 4 is 38.8 Å². The highest BCUT2D eigenvalue weighted by molar-refractivity contribution is 7.92. The third-order valence-electron chi connectivity index (χ3n) is 3.76. The van der Waals surface area contributed by atoms with Gasteiger partial charge in [-0.3, -0.25) is 4.79 Å². The Morgan fingerprint density at radius 1 is 1.17 bits per heavy atom. The third kappa shape index (κ3) is 2.76. The summed E-state index contributed by atoms with van der Waals surface area (Å²) >= 11 is 11.7. The van der Waals surface area contributed by atoms with Crippen LogP contribution >= 0.6 is 23.2 Å². The Bertz CT molecular complexity index is 884. The first kappa shape index (κ1) is 16.4. The fourth-order valence-electron chi connectivity index (χ4n) is 2.65. The van der Waals surface area contributed by atoms with Crippen LogP contribution in [0.4, 0.5) is 0 Å². The molecule has 0 bridgehead atoms. The Labute approximate surface area is 142 Å². The van der Waals surface area contributed by atoms with E-state index in [-0.39, 0.29) is 32.7 Å². The standard InChI is InChI=1S/C15H11Cl2NO4S/c16-12-6-9-10(19)7-11(14(20)13(9)15(17)18-12)23(21,22)8-4-2-1-3-5-8/h1-6,10-11,19H,7H2. The minimum atomic E-state index is -3.94. The lowest BCUT2D eigenvalue weighted by atomic mass is 9.89. The number of carbonyl (C=O) groups excluding carboxylic acids is 1. The summed E-state index contributed by atoms with van der Waals surface area (Å²) in [7, 11) is -3.94. The number of hydrogen-bond donors (Lipinski definition) is 1. The van der Waals surface area contributed by atoms with Gasteiger partial charge in [-0.05, 0) is 23.8 Å². The van der Waals surface area contributed by atoms with Crippen molar-refractivity contribution in [2.75, 3.05) is 0 Å². The van der Waals surface area contributed by atoms with Crippen molar-refractivity contribution in [2.45, 2.75) is 22.7 Å². The number of fused-ring (bicyclic) bond motifs is 1. The van der Waals surface area contributed by atoms with Crippen LogP contribution in [0.15, 0.2) is 41.3 Å². The average molecular weight is 372 g/mol. The summed E-state index contributed by atoms with van der Waals surface area (Å²) in [6.45, 7) is 0. The van der Waals surface area contributed by atoms with Crippen LogP contribution < -0.4 is 0 Å². The number of aliphatic hydroxyl groups is 1. The maximum absolute atomic E-state index is 12.7. The van der Waals surface area contributed by atoms with Gasteiger partial charge < -0.3 is 5.11 Å². The van der Waals surface area contributed by atoms with Crippen LogP contribution in [0.1, 0.15) is 28.4 Å². The molecule has 1 aromatic carbocycles. The molecule has 2 atom stereocenters. The highest BCUT2D eigenvalue weighted by atomic mass is 35.5. The number of aromatic nitrogens is 1. The SMILES string of the molecule is O=C1c2c(cc(Cl)nc2Cl)C(O)CC1S(=O)(=O)c1ccccc1. The number of Topliss-reactive ketones (excluding diaryl/α,β-unsaturated/α-hetero) is 1. The molecule has 0 aliphatic heterocycles. The van der Waals surface area contributed by atoms with E-state index < -0.39 is 27.0 Å². The summed E-state index contributed by atoms with van der Waals surface area (Å²) in [6.07, 6.45) is -1.41. The van der Waals surface area contributed by atoms with Gasteiger partial charge in [0.15, 0.2) is 15.6 Å². The maximum Gasteiger partial charge on any atom is 0.188 e. The lowest BCUT2D eigenvalue weighted by Gasteiger charge is -2.27. The van der Waals surface area contributed by atoms with E-state index in [4.69, 9.17) is 23.2 Å². The van der Waals surface area contributed by atoms with E-state index in [1.165, 1.54) is 18.2 Å². The Kier molecular flexibility index (Phi) is 4.18. The van der Waals surface area contributed by atoms with Crippen LogP contribution in [0.2, 0.25) is 10.3 Å². The highest BCUT2D eigenvalue weighted by Crippen LogP contribution is 2.38. The first-order valence-corrected chi connectivity index (χ1v) is 8.99. The quantitative estimate of drug-likeness (QED) is 0.820. The Hall–Kier alpha value is -1.47. The molecular formula is C15H11Cl2NO4S. The molecule has 1 heterocycles. The largest absolute Gasteiger partial charge is 0.388 e. The molecule has 8 heteroatoms. The lowest BCUT2D eigenvalue weighted by Crippen LogP contribution is -2.37. The normalized spacial score (nSPS) is 21.1. The summed E-state index contributed by atoms with van der Waals surface area (Å²) in [5, 5.41) is 8.67. The van der Waals surface area contributed by atoms with E-state index in [1.54, 1.807) is 18.2 Å². The highest BCUT2D eigenvalue weighted by Gasteiger charge is 2.43. The molecular weight excluding hydrogens is 361 g/mol. The number of sulfone groups is 1. The zero-order chi connectivity index (χ0) is 16.8. The smallest absolute Gasteiger partial charge is 0.188 e. The molecule has 23 heavy (non-hydrogen) atoms. The van der Waals surface area contributed by atoms with Crippen LogP contribution in [0.25, 0.3) is 0 Å². The van der Waals surface area contributed by atoms with Crippen molar-refractivity contribution in [3.05, 3.63) is 57.8 Å². The number of aliphatic hydroxyl groups excluding tert-OH is 1. The van der Waals surface area contributed by atoms with Crippen LogP contribution in [-0.2, 0) is 9.84 Å². The van der Waals surface area contributed by atoms with Gasteiger partial charge in [0.05, 0.1) is 16.6 Å². The summed E-state index contributed by atoms with van der Waals surface area (Å²) in [5.41, 5.74) is 0.124. The molecule has 1 aliphatic rings. The van der Waals surface area contributed by atoms with E-state index in [2.05, 4.69) is 4.98 Å². The minimum Gasteiger partial charge on any atom is -0.388 e. The van der Waals surface area contributed by atoms with Gasteiger partial charge in [0.25, 0.3) is 0 Å². The number of rotatable bonds is 2. The first-order chi connectivity index (χ1) is 10.8. The fourth-order valence-corrected chi connectivity index (χ4v) is 4.89. The lowest BCUT2D eigenvalue weighted by molar-refractivity contribution is 0.0903. The molecule has 1 aromatic heterocycles. The van der Waals surface area contributed by atoms with Gasteiger partial charge in [0, 0.05) is 6.42 Å². The molecule has 1 aliphatic carbocycles. The van der Waals surface area contributed by atoms with Crippen LogP contribution in [0.5, 0.6) is 0 Å². The summed E-state index contributed by atoms with van der Waals surface area (Å²) in [4.78, 5) is 16.4. The van der Waals surface area contributed by atoms with Crippen LogP contribution in [0, 0.1) is 0 Å². The van der Waals surface area contributed by atoms with E-state index in [9.17, 15) is 18.3 Å². The number of benzene rings is 1. The van der Waals surface area contributed by atoms with Gasteiger partial charge in [0.1, 0.15) is 15.6 Å². The molecule has 0 radical (unpaired) electrons. The van der Waals surface area contributed by atoms with Gasteiger partial charge in [-0.2, -0.15) is 0 Å². The zero-order valence-electron chi connectivity index (χ0n) is 11.6. The zero-order valence-corrected chi connectivity index (χ0v) is 13.9. The molecule has 3 rings (SSSR count). The molecule has 0 fully saturated rings. The van der Waals surface area contributed by atoms with Gasteiger partial charge in [-0.1, -0.05) is 41.4 Å². The summed E-state index contributed by atoms with van der Waals surface area (Å²) < 4.78 is 25.4. The Morgan fingerprint density at radius 2 is 1.83 bits per heavy atom. The van der Waals surface area contributed by atoms with Gasteiger partial charge >= 0.3 is 0 Å². The number of pyridine rings is 1. The summed E-state index contributed by atoms with van der Waals surface area (Å²) in [5.74, 6) is -0.677. The molecule has 120 valence electrons. The molecule has 2 aromatic rings. The predicted octanol–water partition coefficient (Wildman–Crippen LogP) is 2.85. The van der Waals surface area contributed by atoms with Crippen molar-refractivity contribution in [1.29, 1.82) is 0 Å². The molecule has 0 saturated carbocycles. The molecule has 0 amide bonds. The molecule has 0 spiro atoms. The second-order valence-electron chi connectivity index (χ2n) is 5.16. The first-order valence-electron chi connectivity index (χ1n) is 6.69. The fraction of sp³-hybridized carbons (Fsp3) is 0.200.